The largest absolute Gasteiger partial charge is 0.382 e. The van der Waals surface area contributed by atoms with Crippen molar-refractivity contribution in [3.8, 4) is 22.5 Å². The first-order valence-electron chi connectivity index (χ1n) is 11.1. The molecule has 0 unspecified atom stereocenters. The van der Waals surface area contributed by atoms with Crippen LogP contribution in [0.15, 0.2) is 36.7 Å². The van der Waals surface area contributed by atoms with E-state index in [0.29, 0.717) is 24.4 Å². The third-order valence-corrected chi connectivity index (χ3v) is 6.71. The van der Waals surface area contributed by atoms with Gasteiger partial charge in [0.05, 0.1) is 17.1 Å². The zero-order valence-electron chi connectivity index (χ0n) is 19.8. The lowest BCUT2D eigenvalue weighted by molar-refractivity contribution is -0.145. The second kappa shape index (κ2) is 8.09. The molecule has 2 amide bonds. The Balaban J connectivity index is 1.62. The average molecular weight is 493 g/mol. The van der Waals surface area contributed by atoms with Gasteiger partial charge in [-0.1, -0.05) is 12.1 Å². The number of halogens is 1. The molecule has 0 aliphatic carbocycles. The van der Waals surface area contributed by atoms with E-state index in [1.165, 1.54) is 13.3 Å². The van der Waals surface area contributed by atoms with E-state index in [0.717, 1.165) is 33.9 Å². The monoisotopic (exact) mass is 492 g/mol. The molecule has 180 valence electrons. The van der Waals surface area contributed by atoms with Crippen LogP contribution in [0.5, 0.6) is 0 Å². The van der Waals surface area contributed by atoms with E-state index < -0.39 is 5.54 Å². The number of fused-ring (bicyclic) bond motifs is 1. The van der Waals surface area contributed by atoms with E-state index in [9.17, 15) is 9.59 Å². The highest BCUT2D eigenvalue weighted by Gasteiger charge is 2.43. The predicted molar refractivity (Wildman–Crippen MR) is 134 cm³/mol. The van der Waals surface area contributed by atoms with Gasteiger partial charge in [0.2, 0.25) is 11.2 Å². The second-order valence-electron chi connectivity index (χ2n) is 9.07. The summed E-state index contributed by atoms with van der Waals surface area (Å²) < 4.78 is 1.73. The third kappa shape index (κ3) is 3.61. The van der Waals surface area contributed by atoms with E-state index in [-0.39, 0.29) is 17.1 Å². The second-order valence-corrected chi connectivity index (χ2v) is 9.43. The summed E-state index contributed by atoms with van der Waals surface area (Å²) in [7, 11) is 0. The zero-order chi connectivity index (χ0) is 25.1. The Kier molecular flexibility index (Phi) is 5.28. The molecule has 11 heteroatoms. The lowest BCUT2D eigenvalue weighted by Crippen LogP contribution is -2.64. The van der Waals surface area contributed by atoms with Gasteiger partial charge in [-0.15, -0.1) is 0 Å². The van der Waals surface area contributed by atoms with Crippen molar-refractivity contribution in [3.05, 3.63) is 47.6 Å². The first-order valence-corrected chi connectivity index (χ1v) is 11.5. The van der Waals surface area contributed by atoms with Crippen molar-refractivity contribution >= 4 is 40.4 Å². The number of nitrogens with two attached hydrogens (primary N) is 1. The molecule has 3 aromatic heterocycles. The van der Waals surface area contributed by atoms with Gasteiger partial charge in [0.15, 0.2) is 5.82 Å². The van der Waals surface area contributed by atoms with Gasteiger partial charge in [-0.3, -0.25) is 9.59 Å². The maximum absolute atomic E-state index is 13.4. The Labute approximate surface area is 206 Å². The number of amides is 2. The molecule has 5 rings (SSSR count). The molecule has 0 atom stereocenters. The van der Waals surface area contributed by atoms with Crippen molar-refractivity contribution in [2.24, 2.45) is 0 Å². The molecular formula is C24H25ClN8O2. The summed E-state index contributed by atoms with van der Waals surface area (Å²) in [5.41, 5.74) is 10.5. The highest BCUT2D eigenvalue weighted by atomic mass is 35.5. The molecule has 0 radical (unpaired) electrons. The van der Waals surface area contributed by atoms with Gasteiger partial charge in [0, 0.05) is 36.8 Å². The quantitative estimate of drug-likeness (QED) is 0.452. The van der Waals surface area contributed by atoms with Crippen LogP contribution in [0.1, 0.15) is 26.5 Å². The number of aryl methyl sites for hydroxylation is 1. The Morgan fingerprint density at radius 1 is 1.23 bits per heavy atom. The average Bonchev–Trinajstić information content (AvgIpc) is 3.35. The van der Waals surface area contributed by atoms with Crippen molar-refractivity contribution in [1.29, 1.82) is 0 Å². The van der Waals surface area contributed by atoms with Crippen molar-refractivity contribution in [1.82, 2.24) is 29.5 Å². The summed E-state index contributed by atoms with van der Waals surface area (Å²) in [5, 5.41) is 4.72. The fourth-order valence-electron chi connectivity index (χ4n) is 4.81. The van der Waals surface area contributed by atoms with Gasteiger partial charge in [-0.2, -0.15) is 5.10 Å². The van der Waals surface area contributed by atoms with E-state index in [4.69, 9.17) is 17.3 Å². The number of nitrogens with zero attached hydrogens (tertiary/aromatic N) is 6. The van der Waals surface area contributed by atoms with Crippen LogP contribution < -0.4 is 10.6 Å². The molecule has 4 heterocycles. The number of nitrogens with one attached hydrogen (secondary N) is 1. The lowest BCUT2D eigenvalue weighted by atomic mass is 9.96. The molecule has 0 bridgehead atoms. The topological polar surface area (TPSA) is 126 Å². The van der Waals surface area contributed by atoms with Crippen LogP contribution in [0.3, 0.4) is 0 Å². The summed E-state index contributed by atoms with van der Waals surface area (Å²) >= 11 is 6.11. The van der Waals surface area contributed by atoms with Gasteiger partial charge >= 0.3 is 0 Å². The number of aromatic nitrogens is 5. The van der Waals surface area contributed by atoms with Gasteiger partial charge in [-0.05, 0) is 50.6 Å². The number of rotatable bonds is 3. The molecule has 1 saturated heterocycles. The van der Waals surface area contributed by atoms with E-state index in [2.05, 4.69) is 20.1 Å². The van der Waals surface area contributed by atoms with Crippen molar-refractivity contribution in [2.45, 2.75) is 33.2 Å². The van der Waals surface area contributed by atoms with Gasteiger partial charge < -0.3 is 20.5 Å². The Hall–Kier alpha value is -3.92. The lowest BCUT2D eigenvalue weighted by Gasteiger charge is -2.45. The Morgan fingerprint density at radius 3 is 2.69 bits per heavy atom. The van der Waals surface area contributed by atoms with Crippen LogP contribution in [0.2, 0.25) is 5.28 Å². The van der Waals surface area contributed by atoms with Crippen molar-refractivity contribution in [3.63, 3.8) is 0 Å². The van der Waals surface area contributed by atoms with Crippen LogP contribution in [0.25, 0.3) is 28.0 Å². The molecule has 35 heavy (non-hydrogen) atoms. The van der Waals surface area contributed by atoms with E-state index in [1.54, 1.807) is 28.2 Å². The molecule has 0 spiro atoms. The Bertz CT molecular complexity index is 1490. The number of imidazole rings is 1. The number of benzene rings is 1. The summed E-state index contributed by atoms with van der Waals surface area (Å²) in [6, 6.07) is 9.62. The predicted octanol–water partition coefficient (Wildman–Crippen LogP) is 3.30. The van der Waals surface area contributed by atoms with Crippen LogP contribution in [-0.4, -0.2) is 59.9 Å². The zero-order valence-corrected chi connectivity index (χ0v) is 20.6. The number of nitrogen functional groups attached to an aromatic ring is 1. The Morgan fingerprint density at radius 2 is 2.00 bits per heavy atom. The van der Waals surface area contributed by atoms with Crippen molar-refractivity contribution in [2.75, 3.05) is 23.7 Å². The fraction of sp³-hybridized carbons (Fsp3) is 0.292. The standard InChI is InChI=1S/C24H25ClN8O2/c1-13-19(30-23(25)29-13)17-11-18(33-20(17)21(26)27-12-28-33)15-6-5-7-16(10-15)31-8-9-32(14(2)34)24(3,4)22(31)35/h5-7,10-12H,8-9H2,1-4H3,(H,29,30)(H2,26,27,28). The number of H-pyrrole nitrogens is 1. The van der Waals surface area contributed by atoms with Gasteiger partial charge in [0.1, 0.15) is 17.4 Å². The number of anilines is 2. The molecule has 1 fully saturated rings. The summed E-state index contributed by atoms with van der Waals surface area (Å²) in [4.78, 5) is 40.3. The minimum atomic E-state index is -0.936. The number of carbonyl (C=O) groups is 2. The highest BCUT2D eigenvalue weighted by Crippen LogP contribution is 2.37. The summed E-state index contributed by atoms with van der Waals surface area (Å²) in [6.45, 7) is 7.76. The van der Waals surface area contributed by atoms with Crippen LogP contribution >= 0.6 is 11.6 Å². The van der Waals surface area contributed by atoms with E-state index >= 15 is 0 Å². The number of hydrogen-bond donors (Lipinski definition) is 2. The molecule has 1 aliphatic heterocycles. The first kappa shape index (κ1) is 22.9. The minimum Gasteiger partial charge on any atom is -0.382 e. The van der Waals surface area contributed by atoms with Crippen LogP contribution in [0, 0.1) is 6.92 Å². The van der Waals surface area contributed by atoms with Gasteiger partial charge in [0.25, 0.3) is 5.91 Å². The number of aromatic amines is 1. The SMILES string of the molecule is CC(=O)N1CCN(c2cccc(-c3cc(-c4[nH]c(Cl)nc4C)c4c(N)ncnn34)c2)C(=O)C1(C)C. The molecule has 0 saturated carbocycles. The van der Waals surface area contributed by atoms with Crippen LogP contribution in [0.4, 0.5) is 11.5 Å². The van der Waals surface area contributed by atoms with Gasteiger partial charge in [-0.25, -0.2) is 14.5 Å². The normalized spacial score (nSPS) is 15.7. The minimum absolute atomic E-state index is 0.115. The molecule has 10 nitrogen and oxygen atoms in total. The van der Waals surface area contributed by atoms with E-state index in [1.807, 2.05) is 37.3 Å². The molecule has 1 aromatic carbocycles. The maximum Gasteiger partial charge on any atom is 0.252 e. The third-order valence-electron chi connectivity index (χ3n) is 6.53. The number of piperazine rings is 1. The summed E-state index contributed by atoms with van der Waals surface area (Å²) in [5.74, 6) is 0.0707. The first-order chi connectivity index (χ1) is 16.6. The van der Waals surface area contributed by atoms with Crippen molar-refractivity contribution < 1.29 is 9.59 Å². The maximum atomic E-state index is 13.4. The summed E-state index contributed by atoms with van der Waals surface area (Å²) in [6.07, 6.45) is 1.40. The highest BCUT2D eigenvalue weighted by molar-refractivity contribution is 6.28. The smallest absolute Gasteiger partial charge is 0.252 e. The molecule has 4 aromatic rings. The fourth-order valence-corrected chi connectivity index (χ4v) is 5.03. The molecular weight excluding hydrogens is 468 g/mol. The number of hydrogen-bond acceptors (Lipinski definition) is 6. The van der Waals surface area contributed by atoms with Crippen LogP contribution in [-0.2, 0) is 9.59 Å². The molecule has 1 aliphatic rings. The molecule has 3 N–H and O–H groups in total. The number of carbonyl (C=O) groups excluding carboxylic acids is 2.